The molecule has 0 radical (unpaired) electrons. The second-order valence-corrected chi connectivity index (χ2v) is 5.41. The Balaban J connectivity index is 1.89. The average Bonchev–Trinajstić information content (AvgIpc) is 2.79. The number of carbonyl (C=O) groups excluding carboxylic acids is 2. The number of hydrogen-bond acceptors (Lipinski definition) is 4. The highest BCUT2D eigenvalue weighted by molar-refractivity contribution is 9.10. The standard InChI is InChI=1S/C14H14BrN3O3/c1-8-3-4-10(6-11(8)15)16-13(19)7-14(20)17-12-5-9(2)21-18-12/h3-6H,7H2,1-2H3,(H,16,19)(H,17,18,20). The van der Waals surface area contributed by atoms with Gasteiger partial charge in [0, 0.05) is 16.2 Å². The molecular weight excluding hydrogens is 338 g/mol. The molecule has 2 rings (SSSR count). The summed E-state index contributed by atoms with van der Waals surface area (Å²) in [6, 6.07) is 7.01. The van der Waals surface area contributed by atoms with Gasteiger partial charge in [-0.15, -0.1) is 0 Å². The first-order chi connectivity index (χ1) is 9.94. The zero-order chi connectivity index (χ0) is 15.4. The summed E-state index contributed by atoms with van der Waals surface area (Å²) in [4.78, 5) is 23.5. The number of amides is 2. The second-order valence-electron chi connectivity index (χ2n) is 4.56. The molecule has 0 aliphatic carbocycles. The lowest BCUT2D eigenvalue weighted by molar-refractivity contribution is -0.123. The fourth-order valence-corrected chi connectivity index (χ4v) is 2.01. The molecule has 0 saturated heterocycles. The van der Waals surface area contributed by atoms with E-state index < -0.39 is 11.8 Å². The third kappa shape index (κ3) is 4.42. The van der Waals surface area contributed by atoms with Gasteiger partial charge in [-0.25, -0.2) is 0 Å². The van der Waals surface area contributed by atoms with Crippen LogP contribution in [-0.4, -0.2) is 17.0 Å². The molecule has 0 aliphatic heterocycles. The predicted molar refractivity (Wildman–Crippen MR) is 82.0 cm³/mol. The molecule has 0 aliphatic rings. The van der Waals surface area contributed by atoms with Crippen LogP contribution < -0.4 is 10.6 Å². The highest BCUT2D eigenvalue weighted by Crippen LogP contribution is 2.20. The summed E-state index contributed by atoms with van der Waals surface area (Å²) < 4.78 is 5.71. The third-order valence-electron chi connectivity index (χ3n) is 2.67. The van der Waals surface area contributed by atoms with Crippen molar-refractivity contribution in [2.24, 2.45) is 0 Å². The number of rotatable bonds is 4. The van der Waals surface area contributed by atoms with Crippen molar-refractivity contribution < 1.29 is 14.1 Å². The zero-order valence-corrected chi connectivity index (χ0v) is 13.2. The van der Waals surface area contributed by atoms with Gasteiger partial charge in [-0.3, -0.25) is 9.59 Å². The number of halogens is 1. The Bertz CT molecular complexity index is 682. The molecule has 7 heteroatoms. The van der Waals surface area contributed by atoms with Crippen molar-refractivity contribution in [3.63, 3.8) is 0 Å². The number of anilines is 2. The van der Waals surface area contributed by atoms with Crippen LogP contribution in [0.1, 0.15) is 17.7 Å². The number of hydrogen-bond donors (Lipinski definition) is 2. The second kappa shape index (κ2) is 6.53. The van der Waals surface area contributed by atoms with Crippen molar-refractivity contribution in [2.45, 2.75) is 20.3 Å². The summed E-state index contributed by atoms with van der Waals surface area (Å²) >= 11 is 3.38. The van der Waals surface area contributed by atoms with Crippen LogP contribution in [-0.2, 0) is 9.59 Å². The van der Waals surface area contributed by atoms with Crippen molar-refractivity contribution in [1.82, 2.24) is 5.16 Å². The van der Waals surface area contributed by atoms with E-state index in [2.05, 4.69) is 31.7 Å². The van der Waals surface area contributed by atoms with Gasteiger partial charge < -0.3 is 15.2 Å². The number of aromatic nitrogens is 1. The number of aryl methyl sites for hydroxylation is 2. The van der Waals surface area contributed by atoms with Crippen LogP contribution in [0.5, 0.6) is 0 Å². The first-order valence-electron chi connectivity index (χ1n) is 6.23. The zero-order valence-electron chi connectivity index (χ0n) is 11.6. The molecule has 2 amide bonds. The number of benzene rings is 1. The molecule has 0 unspecified atom stereocenters. The Morgan fingerprint density at radius 3 is 2.52 bits per heavy atom. The maximum atomic E-state index is 11.8. The smallest absolute Gasteiger partial charge is 0.235 e. The van der Waals surface area contributed by atoms with Crippen LogP contribution in [0.15, 0.2) is 33.3 Å². The van der Waals surface area contributed by atoms with Gasteiger partial charge in [-0.05, 0) is 31.5 Å². The molecule has 2 aromatic rings. The topological polar surface area (TPSA) is 84.2 Å². The number of nitrogens with zero attached hydrogens (tertiary/aromatic N) is 1. The van der Waals surface area contributed by atoms with E-state index in [0.717, 1.165) is 10.0 Å². The summed E-state index contributed by atoms with van der Waals surface area (Å²) in [5.41, 5.74) is 1.69. The monoisotopic (exact) mass is 351 g/mol. The van der Waals surface area contributed by atoms with Crippen molar-refractivity contribution in [3.8, 4) is 0 Å². The Kier molecular flexibility index (Phi) is 4.74. The summed E-state index contributed by atoms with van der Waals surface area (Å²) in [7, 11) is 0. The molecule has 0 atom stereocenters. The van der Waals surface area contributed by atoms with Gasteiger partial charge >= 0.3 is 0 Å². The van der Waals surface area contributed by atoms with Gasteiger partial charge in [0.05, 0.1) is 0 Å². The predicted octanol–water partition coefficient (Wildman–Crippen LogP) is 3.02. The summed E-state index contributed by atoms with van der Waals surface area (Å²) in [6.45, 7) is 3.66. The lowest BCUT2D eigenvalue weighted by Gasteiger charge is -2.06. The van der Waals surface area contributed by atoms with E-state index in [1.165, 1.54) is 0 Å². The minimum atomic E-state index is -0.452. The number of carbonyl (C=O) groups is 2. The third-order valence-corrected chi connectivity index (χ3v) is 3.53. The molecule has 1 aromatic carbocycles. The van der Waals surface area contributed by atoms with Crippen LogP contribution in [0.3, 0.4) is 0 Å². The molecule has 0 saturated carbocycles. The fraction of sp³-hybridized carbons (Fsp3) is 0.214. The first-order valence-corrected chi connectivity index (χ1v) is 7.02. The molecular formula is C14H14BrN3O3. The Morgan fingerprint density at radius 1 is 1.19 bits per heavy atom. The Labute approximate surface area is 130 Å². The molecule has 0 spiro atoms. The van der Waals surface area contributed by atoms with Crippen LogP contribution in [0.2, 0.25) is 0 Å². The van der Waals surface area contributed by atoms with Crippen molar-refractivity contribution in [2.75, 3.05) is 10.6 Å². The van der Waals surface area contributed by atoms with E-state index >= 15 is 0 Å². The van der Waals surface area contributed by atoms with Gasteiger partial charge in [-0.2, -0.15) is 0 Å². The lowest BCUT2D eigenvalue weighted by Crippen LogP contribution is -2.21. The molecule has 1 heterocycles. The summed E-state index contributed by atoms with van der Waals surface area (Å²) in [5, 5.41) is 8.77. The van der Waals surface area contributed by atoms with Gasteiger partial charge in [0.1, 0.15) is 12.2 Å². The van der Waals surface area contributed by atoms with Crippen molar-refractivity contribution in [1.29, 1.82) is 0 Å². The minimum Gasteiger partial charge on any atom is -0.360 e. The van der Waals surface area contributed by atoms with Gasteiger partial charge in [0.25, 0.3) is 0 Å². The molecule has 0 bridgehead atoms. The Morgan fingerprint density at radius 2 is 1.90 bits per heavy atom. The maximum absolute atomic E-state index is 11.8. The van der Waals surface area contributed by atoms with E-state index in [0.29, 0.717) is 17.3 Å². The van der Waals surface area contributed by atoms with Crippen LogP contribution in [0.4, 0.5) is 11.5 Å². The van der Waals surface area contributed by atoms with Gasteiger partial charge in [-0.1, -0.05) is 27.2 Å². The summed E-state index contributed by atoms with van der Waals surface area (Å²) in [5.74, 6) is 0.0260. The lowest BCUT2D eigenvalue weighted by atomic mass is 10.2. The highest BCUT2D eigenvalue weighted by Gasteiger charge is 2.12. The van der Waals surface area contributed by atoms with Crippen molar-refractivity contribution in [3.05, 3.63) is 40.1 Å². The van der Waals surface area contributed by atoms with Crippen LogP contribution in [0.25, 0.3) is 0 Å². The van der Waals surface area contributed by atoms with Gasteiger partial charge in [0.15, 0.2) is 5.82 Å². The van der Waals surface area contributed by atoms with E-state index in [1.54, 1.807) is 25.1 Å². The molecule has 1 aromatic heterocycles. The van der Waals surface area contributed by atoms with E-state index in [1.807, 2.05) is 13.0 Å². The Hall–Kier alpha value is -2.15. The van der Waals surface area contributed by atoms with E-state index in [9.17, 15) is 9.59 Å². The normalized spacial score (nSPS) is 10.2. The molecule has 0 fully saturated rings. The fourth-order valence-electron chi connectivity index (χ4n) is 1.63. The summed E-state index contributed by atoms with van der Waals surface area (Å²) in [6.07, 6.45) is -0.294. The molecule has 6 nitrogen and oxygen atoms in total. The SMILES string of the molecule is Cc1cc(NC(=O)CC(=O)Nc2ccc(C)c(Br)c2)no1. The van der Waals surface area contributed by atoms with Gasteiger partial charge in [0.2, 0.25) is 11.8 Å². The molecule has 2 N–H and O–H groups in total. The number of nitrogens with one attached hydrogen (secondary N) is 2. The maximum Gasteiger partial charge on any atom is 0.235 e. The average molecular weight is 352 g/mol. The molecule has 110 valence electrons. The van der Waals surface area contributed by atoms with E-state index in [4.69, 9.17) is 4.52 Å². The molecule has 21 heavy (non-hydrogen) atoms. The van der Waals surface area contributed by atoms with E-state index in [-0.39, 0.29) is 6.42 Å². The highest BCUT2D eigenvalue weighted by atomic mass is 79.9. The minimum absolute atomic E-state index is 0.294. The van der Waals surface area contributed by atoms with Crippen molar-refractivity contribution >= 4 is 39.2 Å². The first kappa shape index (κ1) is 15.2. The van der Waals surface area contributed by atoms with Crippen LogP contribution in [0, 0.1) is 13.8 Å². The van der Waals surface area contributed by atoms with Crippen LogP contribution >= 0.6 is 15.9 Å². The largest absolute Gasteiger partial charge is 0.360 e. The quantitative estimate of drug-likeness (QED) is 0.829.